The molecule has 0 fully saturated rings. The fourth-order valence-electron chi connectivity index (χ4n) is 0.653. The first kappa shape index (κ1) is 16.3. The predicted octanol–water partition coefficient (Wildman–Crippen LogP) is 3.26. The van der Waals surface area contributed by atoms with Gasteiger partial charge < -0.3 is 0 Å². The van der Waals surface area contributed by atoms with Crippen LogP contribution >= 0.6 is 0 Å². The molecule has 0 rings (SSSR count). The maximum atomic E-state index is 12.0. The Kier molecular flexibility index (Phi) is 5.44. The van der Waals surface area contributed by atoms with Crippen molar-refractivity contribution in [2.24, 2.45) is 0 Å². The second-order valence-electron chi connectivity index (χ2n) is 4.00. The van der Waals surface area contributed by atoms with E-state index in [4.69, 9.17) is 3.25 Å². The molecule has 0 aromatic rings. The third-order valence-electron chi connectivity index (χ3n) is 1.32. The van der Waals surface area contributed by atoms with Crippen LogP contribution in [0.2, 0.25) is 19.6 Å². The summed E-state index contributed by atoms with van der Waals surface area (Å²) in [5, 5.41) is 0. The van der Waals surface area contributed by atoms with E-state index in [0.717, 1.165) is 0 Å². The third-order valence-corrected chi connectivity index (χ3v) is 9.48. The van der Waals surface area contributed by atoms with Crippen LogP contribution in [0.3, 0.4) is 0 Å². The van der Waals surface area contributed by atoms with Crippen LogP contribution in [-0.2, 0) is 24.7 Å². The normalized spacial score (nSPS) is 14.1. The van der Waals surface area contributed by atoms with Crippen LogP contribution < -0.4 is 0 Å². The summed E-state index contributed by atoms with van der Waals surface area (Å²) in [6.45, 7) is 4.99. The average Bonchev–Trinajstić information content (AvgIpc) is 1.90. The topological polar surface area (TPSA) is 18.5 Å². The van der Waals surface area contributed by atoms with E-state index in [9.17, 15) is 26.3 Å². The van der Waals surface area contributed by atoms with Gasteiger partial charge in [0, 0.05) is 0 Å². The van der Waals surface area contributed by atoms with Crippen LogP contribution in [0.5, 0.6) is 0 Å². The summed E-state index contributed by atoms with van der Waals surface area (Å²) < 4.78 is 80.7. The standard InChI is InChI=1S/C3HF6O.C3H9OSi.Zn/c4-2(5,6)1(10)3(7,8)9;1-5(2,3)4;/h1H;1-3H3;/q2*-1;+2. The molecule has 0 aliphatic rings. The van der Waals surface area contributed by atoms with Crippen molar-refractivity contribution in [1.82, 2.24) is 0 Å². The molecule has 0 amide bonds. The van der Waals surface area contributed by atoms with Crippen LogP contribution in [0, 0.1) is 0 Å². The summed E-state index contributed by atoms with van der Waals surface area (Å²) in [4.78, 5) is 0. The van der Waals surface area contributed by atoms with Gasteiger partial charge in [-0.1, -0.05) is 0 Å². The van der Waals surface area contributed by atoms with Gasteiger partial charge in [-0.2, -0.15) is 0 Å². The molecule has 0 aliphatic heterocycles. The number of halogens is 6. The van der Waals surface area contributed by atoms with E-state index < -0.39 is 44.6 Å². The van der Waals surface area contributed by atoms with E-state index in [2.05, 4.69) is 3.56 Å². The Labute approximate surface area is 97.8 Å². The molecule has 0 aromatic heterocycles. The zero-order valence-electron chi connectivity index (χ0n) is 8.87. The molecule has 0 N–H and O–H groups in total. The summed E-state index contributed by atoms with van der Waals surface area (Å²) in [6, 6.07) is 0. The van der Waals surface area contributed by atoms with Crippen molar-refractivity contribution in [3.05, 3.63) is 0 Å². The second kappa shape index (κ2) is 5.32. The van der Waals surface area contributed by atoms with E-state index in [-0.39, 0.29) is 0 Å². The van der Waals surface area contributed by atoms with Crippen LogP contribution in [0.25, 0.3) is 0 Å². The summed E-state index contributed by atoms with van der Waals surface area (Å²) in [7, 11) is -2.12. The molecule has 0 saturated carbocycles. The van der Waals surface area contributed by atoms with Crippen molar-refractivity contribution in [2.75, 3.05) is 0 Å². The van der Waals surface area contributed by atoms with Crippen LogP contribution in [0.4, 0.5) is 26.3 Å². The molecule has 0 atom stereocenters. The van der Waals surface area contributed by atoms with Gasteiger partial charge in [0.25, 0.3) is 0 Å². The number of alkyl halides is 6. The molecule has 10 heteroatoms. The van der Waals surface area contributed by atoms with Crippen molar-refractivity contribution in [1.29, 1.82) is 0 Å². The fraction of sp³-hybridized carbons (Fsp3) is 1.00. The van der Waals surface area contributed by atoms with Crippen LogP contribution in [0.15, 0.2) is 0 Å². The summed E-state index contributed by atoms with van der Waals surface area (Å²) >= 11 is -2.72. The van der Waals surface area contributed by atoms with Gasteiger partial charge in [-0.05, 0) is 0 Å². The SMILES string of the molecule is C[Si](C)(C)[O][Zn][O]C(C(F)(F)F)C(F)(F)F. The quantitative estimate of drug-likeness (QED) is 0.584. The van der Waals surface area contributed by atoms with Crippen LogP contribution in [0.1, 0.15) is 0 Å². The van der Waals surface area contributed by atoms with E-state index in [0.29, 0.717) is 0 Å². The molecule has 0 bridgehead atoms. The molecule has 16 heavy (non-hydrogen) atoms. The Morgan fingerprint density at radius 2 is 1.31 bits per heavy atom. The minimum absolute atomic E-state index is 1.66. The molecule has 0 aromatic carbocycles. The molecule has 0 unspecified atom stereocenters. The predicted molar refractivity (Wildman–Crippen MR) is 41.4 cm³/mol. The van der Waals surface area contributed by atoms with Gasteiger partial charge in [0.15, 0.2) is 0 Å². The Bertz CT molecular complexity index is 209. The Balaban J connectivity index is 4.38. The van der Waals surface area contributed by atoms with E-state index >= 15 is 0 Å². The van der Waals surface area contributed by atoms with E-state index in [1.165, 1.54) is 0 Å². The number of hydrogen-bond donors (Lipinski definition) is 0. The van der Waals surface area contributed by atoms with Gasteiger partial charge in [0.05, 0.1) is 0 Å². The van der Waals surface area contributed by atoms with Crippen LogP contribution in [-0.4, -0.2) is 26.8 Å². The molecular weight excluding hydrogens is 312 g/mol. The fourth-order valence-corrected chi connectivity index (χ4v) is 4.81. The number of hydrogen-bond acceptors (Lipinski definition) is 2. The van der Waals surface area contributed by atoms with Gasteiger partial charge in [0.1, 0.15) is 0 Å². The summed E-state index contributed by atoms with van der Waals surface area (Å²) in [6.07, 6.45) is -14.6. The Morgan fingerprint density at radius 3 is 1.56 bits per heavy atom. The van der Waals surface area contributed by atoms with Gasteiger partial charge in [-0.3, -0.25) is 0 Å². The monoisotopic (exact) mass is 320 g/mol. The molecule has 0 spiro atoms. The maximum absolute atomic E-state index is 12.0. The first-order valence-corrected chi connectivity index (χ1v) is 10.1. The van der Waals surface area contributed by atoms with Gasteiger partial charge >= 0.3 is 97.4 Å². The molecule has 0 saturated heterocycles. The van der Waals surface area contributed by atoms with Crippen molar-refractivity contribution in [2.45, 2.75) is 38.1 Å². The molecule has 0 radical (unpaired) electrons. The third kappa shape index (κ3) is 6.82. The van der Waals surface area contributed by atoms with Gasteiger partial charge in [-0.25, -0.2) is 0 Å². The summed E-state index contributed by atoms with van der Waals surface area (Å²) in [5.41, 5.74) is 0. The number of rotatable bonds is 4. The molecular formula is C6H10F6O2SiZn. The first-order chi connectivity index (χ1) is 6.84. The zero-order chi connectivity index (χ0) is 13.2. The van der Waals surface area contributed by atoms with Gasteiger partial charge in [0.2, 0.25) is 0 Å². The zero-order valence-corrected chi connectivity index (χ0v) is 12.8. The minimum atomic E-state index is -5.44. The Morgan fingerprint density at radius 1 is 0.938 bits per heavy atom. The molecule has 0 aliphatic carbocycles. The molecule has 0 heterocycles. The van der Waals surface area contributed by atoms with Crippen molar-refractivity contribution in [3.63, 3.8) is 0 Å². The van der Waals surface area contributed by atoms with Crippen molar-refractivity contribution in [3.8, 4) is 0 Å². The average molecular weight is 322 g/mol. The second-order valence-corrected chi connectivity index (χ2v) is 11.5. The van der Waals surface area contributed by atoms with Crippen molar-refractivity contribution >= 4 is 8.32 Å². The first-order valence-electron chi connectivity index (χ1n) is 4.23. The summed E-state index contributed by atoms with van der Waals surface area (Å²) in [5.74, 6) is 0. The Hall–Kier alpha value is 0.340. The molecule has 2 nitrogen and oxygen atoms in total. The van der Waals surface area contributed by atoms with E-state index in [1.807, 2.05) is 0 Å². The van der Waals surface area contributed by atoms with E-state index in [1.54, 1.807) is 19.6 Å². The molecule has 94 valence electrons. The van der Waals surface area contributed by atoms with Gasteiger partial charge in [-0.15, -0.1) is 0 Å². The van der Waals surface area contributed by atoms with Crippen molar-refractivity contribution < 1.29 is 51.0 Å².